The third-order valence-corrected chi connectivity index (χ3v) is 5.07. The van der Waals surface area contributed by atoms with Crippen LogP contribution >= 0.6 is 0 Å². The average Bonchev–Trinajstić information content (AvgIpc) is 3.60. The average molecular weight is 433 g/mol. The maximum Gasteiger partial charge on any atom is 0.255 e. The summed E-state index contributed by atoms with van der Waals surface area (Å²) < 4.78 is 28.1. The van der Waals surface area contributed by atoms with E-state index < -0.39 is 17.5 Å². The van der Waals surface area contributed by atoms with E-state index in [9.17, 15) is 18.4 Å². The molecule has 7 heteroatoms. The molecule has 2 amide bonds. The molecule has 1 aliphatic rings. The molecule has 0 spiro atoms. The number of nitrogens with one attached hydrogen (secondary N) is 2. The highest BCUT2D eigenvalue weighted by Gasteiger charge is 2.26. The minimum absolute atomic E-state index is 0.0168. The van der Waals surface area contributed by atoms with Crippen molar-refractivity contribution in [2.75, 3.05) is 11.1 Å². The molecule has 3 aromatic rings. The van der Waals surface area contributed by atoms with Crippen LogP contribution < -0.4 is 16.4 Å². The predicted molar refractivity (Wildman–Crippen MR) is 121 cm³/mol. The molecule has 0 saturated heterocycles. The molecule has 1 fully saturated rings. The van der Waals surface area contributed by atoms with Gasteiger partial charge >= 0.3 is 0 Å². The van der Waals surface area contributed by atoms with Crippen molar-refractivity contribution in [3.05, 3.63) is 95.1 Å². The van der Waals surface area contributed by atoms with Gasteiger partial charge in [-0.1, -0.05) is 24.3 Å². The standard InChI is InChI=1S/C25H21F2N3O2/c26-17-9-12-21(27)19(14-17)20(25(32)29-18-10-11-18)13-15-5-7-16(8-6-15)24(31)30-23-4-2-1-3-22(23)28/h1-9,12-14,18H,10-11,28H2,(H,29,32)(H,30,31)/b20-13-. The number of amides is 2. The number of nitrogens with two attached hydrogens (primary N) is 1. The fourth-order valence-corrected chi connectivity index (χ4v) is 3.16. The molecule has 0 aliphatic heterocycles. The van der Waals surface area contributed by atoms with Crippen molar-refractivity contribution < 1.29 is 18.4 Å². The second-order valence-electron chi connectivity index (χ2n) is 7.59. The molecule has 4 rings (SSSR count). The number of halogens is 2. The number of para-hydroxylation sites is 2. The van der Waals surface area contributed by atoms with Gasteiger partial charge in [0, 0.05) is 17.2 Å². The molecule has 1 saturated carbocycles. The van der Waals surface area contributed by atoms with Crippen molar-refractivity contribution in [3.8, 4) is 0 Å². The Morgan fingerprint density at radius 2 is 1.69 bits per heavy atom. The van der Waals surface area contributed by atoms with Crippen LogP contribution in [0.15, 0.2) is 66.7 Å². The number of hydrogen-bond acceptors (Lipinski definition) is 3. The summed E-state index contributed by atoms with van der Waals surface area (Å²) in [6.45, 7) is 0. The maximum atomic E-state index is 14.4. The monoisotopic (exact) mass is 433 g/mol. The lowest BCUT2D eigenvalue weighted by atomic mass is 10.0. The first-order valence-corrected chi connectivity index (χ1v) is 10.1. The zero-order valence-electron chi connectivity index (χ0n) is 17.1. The number of benzene rings is 3. The maximum absolute atomic E-state index is 14.4. The van der Waals surface area contributed by atoms with Crippen LogP contribution in [0.2, 0.25) is 0 Å². The second-order valence-corrected chi connectivity index (χ2v) is 7.59. The largest absolute Gasteiger partial charge is 0.397 e. The Balaban J connectivity index is 1.60. The molecule has 32 heavy (non-hydrogen) atoms. The molecular formula is C25H21F2N3O2. The SMILES string of the molecule is Nc1ccccc1NC(=O)c1ccc(/C=C(\C(=O)NC2CC2)c2cc(F)ccc2F)cc1. The zero-order valence-corrected chi connectivity index (χ0v) is 17.1. The van der Waals surface area contributed by atoms with Gasteiger partial charge in [-0.3, -0.25) is 9.59 Å². The van der Waals surface area contributed by atoms with E-state index in [0.29, 0.717) is 22.5 Å². The Bertz CT molecular complexity index is 1200. The molecule has 0 bridgehead atoms. The van der Waals surface area contributed by atoms with Gasteiger partial charge in [-0.05, 0) is 66.9 Å². The summed E-state index contributed by atoms with van der Waals surface area (Å²) in [5, 5.41) is 5.55. The third kappa shape index (κ3) is 5.00. The Hall–Kier alpha value is -4.00. The molecule has 3 aromatic carbocycles. The van der Waals surface area contributed by atoms with Crippen LogP contribution in [0.4, 0.5) is 20.2 Å². The highest BCUT2D eigenvalue weighted by atomic mass is 19.1. The van der Waals surface area contributed by atoms with E-state index >= 15 is 0 Å². The van der Waals surface area contributed by atoms with Gasteiger partial charge in [0.1, 0.15) is 11.6 Å². The predicted octanol–water partition coefficient (Wildman–Crippen LogP) is 4.62. The number of nitrogen functional groups attached to an aromatic ring is 1. The van der Waals surface area contributed by atoms with Crippen molar-refractivity contribution in [3.63, 3.8) is 0 Å². The molecule has 0 atom stereocenters. The summed E-state index contributed by atoms with van der Waals surface area (Å²) in [5.41, 5.74) is 7.64. The van der Waals surface area contributed by atoms with Gasteiger partial charge in [0.25, 0.3) is 11.8 Å². The summed E-state index contributed by atoms with van der Waals surface area (Å²) >= 11 is 0. The molecule has 0 heterocycles. The fourth-order valence-electron chi connectivity index (χ4n) is 3.16. The van der Waals surface area contributed by atoms with E-state index in [0.717, 1.165) is 31.0 Å². The number of carbonyl (C=O) groups is 2. The lowest BCUT2D eigenvalue weighted by molar-refractivity contribution is -0.115. The molecule has 162 valence electrons. The van der Waals surface area contributed by atoms with Crippen molar-refractivity contribution in [1.82, 2.24) is 5.32 Å². The highest BCUT2D eigenvalue weighted by molar-refractivity contribution is 6.24. The van der Waals surface area contributed by atoms with Gasteiger partial charge in [-0.15, -0.1) is 0 Å². The van der Waals surface area contributed by atoms with Crippen molar-refractivity contribution in [1.29, 1.82) is 0 Å². The highest BCUT2D eigenvalue weighted by Crippen LogP contribution is 2.26. The summed E-state index contributed by atoms with van der Waals surface area (Å²) in [5.74, 6) is -2.15. The molecule has 0 unspecified atom stereocenters. The van der Waals surface area contributed by atoms with E-state index in [2.05, 4.69) is 10.6 Å². The fraction of sp³-hybridized carbons (Fsp3) is 0.120. The van der Waals surface area contributed by atoms with Crippen LogP contribution in [-0.2, 0) is 4.79 Å². The van der Waals surface area contributed by atoms with Gasteiger partial charge in [0.15, 0.2) is 0 Å². The van der Waals surface area contributed by atoms with E-state index in [-0.39, 0.29) is 23.1 Å². The van der Waals surface area contributed by atoms with Gasteiger partial charge in [0.05, 0.1) is 16.9 Å². The van der Waals surface area contributed by atoms with Crippen molar-refractivity contribution >= 4 is 34.8 Å². The summed E-state index contributed by atoms with van der Waals surface area (Å²) in [6, 6.07) is 16.4. The van der Waals surface area contributed by atoms with Crippen LogP contribution in [-0.4, -0.2) is 17.9 Å². The molecule has 4 N–H and O–H groups in total. The third-order valence-electron chi connectivity index (χ3n) is 5.07. The number of rotatable bonds is 6. The first kappa shape index (κ1) is 21.2. The zero-order chi connectivity index (χ0) is 22.7. The van der Waals surface area contributed by atoms with E-state index in [1.54, 1.807) is 48.5 Å². The van der Waals surface area contributed by atoms with Crippen molar-refractivity contribution in [2.45, 2.75) is 18.9 Å². The van der Waals surface area contributed by atoms with Crippen molar-refractivity contribution in [2.24, 2.45) is 0 Å². The number of carbonyl (C=O) groups excluding carboxylic acids is 2. The Labute approximate surface area is 183 Å². The van der Waals surface area contributed by atoms with Gasteiger partial charge in [-0.25, -0.2) is 8.78 Å². The lowest BCUT2D eigenvalue weighted by Gasteiger charge is -2.11. The Morgan fingerprint density at radius 1 is 0.969 bits per heavy atom. The van der Waals surface area contributed by atoms with Crippen LogP contribution in [0.5, 0.6) is 0 Å². The topological polar surface area (TPSA) is 84.2 Å². The Kier molecular flexibility index (Phi) is 5.98. The summed E-state index contributed by atoms with van der Waals surface area (Å²) in [4.78, 5) is 25.2. The van der Waals surface area contributed by atoms with Gasteiger partial charge in [-0.2, -0.15) is 0 Å². The summed E-state index contributed by atoms with van der Waals surface area (Å²) in [6.07, 6.45) is 3.20. The van der Waals surface area contributed by atoms with Crippen LogP contribution in [0.3, 0.4) is 0 Å². The van der Waals surface area contributed by atoms with Crippen LogP contribution in [0.1, 0.15) is 34.3 Å². The van der Waals surface area contributed by atoms with Crippen LogP contribution in [0, 0.1) is 11.6 Å². The van der Waals surface area contributed by atoms with Gasteiger partial charge < -0.3 is 16.4 Å². The smallest absolute Gasteiger partial charge is 0.255 e. The Morgan fingerprint density at radius 3 is 2.38 bits per heavy atom. The first-order valence-electron chi connectivity index (χ1n) is 10.1. The quantitative estimate of drug-likeness (QED) is 0.301. The minimum atomic E-state index is -0.694. The lowest BCUT2D eigenvalue weighted by Crippen LogP contribution is -2.26. The number of hydrogen-bond donors (Lipinski definition) is 3. The number of anilines is 2. The van der Waals surface area contributed by atoms with E-state index in [1.807, 2.05) is 0 Å². The molecule has 0 radical (unpaired) electrons. The van der Waals surface area contributed by atoms with E-state index in [4.69, 9.17) is 5.73 Å². The van der Waals surface area contributed by atoms with Gasteiger partial charge in [0.2, 0.25) is 0 Å². The molecule has 1 aliphatic carbocycles. The summed E-state index contributed by atoms with van der Waals surface area (Å²) in [7, 11) is 0. The first-order chi connectivity index (χ1) is 15.4. The molecular weight excluding hydrogens is 412 g/mol. The normalized spacial score (nSPS) is 13.5. The molecule has 5 nitrogen and oxygen atoms in total. The molecule has 0 aromatic heterocycles. The minimum Gasteiger partial charge on any atom is -0.397 e. The van der Waals surface area contributed by atoms with E-state index in [1.165, 1.54) is 6.08 Å². The van der Waals surface area contributed by atoms with Crippen LogP contribution in [0.25, 0.3) is 11.6 Å². The second kappa shape index (κ2) is 9.01.